The van der Waals surface area contributed by atoms with E-state index < -0.39 is 0 Å². The second-order valence-electron chi connectivity index (χ2n) is 4.58. The number of nitrogens with one attached hydrogen (secondary N) is 1. The molecule has 0 bridgehead atoms. The normalized spacial score (nSPS) is 24.7. The summed E-state index contributed by atoms with van der Waals surface area (Å²) >= 11 is 0. The molecular formula is C14H19NO2. The summed E-state index contributed by atoms with van der Waals surface area (Å²) in [5, 5.41) is 3.42. The number of benzene rings is 1. The van der Waals surface area contributed by atoms with Crippen molar-refractivity contribution in [2.45, 2.75) is 25.8 Å². The molecule has 92 valence electrons. The third kappa shape index (κ3) is 2.67. The highest BCUT2D eigenvalue weighted by molar-refractivity contribution is 5.82. The number of ether oxygens (including phenoxy) is 1. The lowest BCUT2D eigenvalue weighted by molar-refractivity contribution is -0.124. The van der Waals surface area contributed by atoms with Crippen LogP contribution in [0.3, 0.4) is 0 Å². The lowest BCUT2D eigenvalue weighted by Crippen LogP contribution is -2.46. The van der Waals surface area contributed by atoms with Crippen LogP contribution in [-0.4, -0.2) is 25.5 Å². The van der Waals surface area contributed by atoms with E-state index in [0.29, 0.717) is 12.2 Å². The Morgan fingerprint density at radius 3 is 2.94 bits per heavy atom. The number of methoxy groups -OCH3 is 1. The predicted molar refractivity (Wildman–Crippen MR) is 67.3 cm³/mol. The molecule has 0 spiro atoms. The summed E-state index contributed by atoms with van der Waals surface area (Å²) in [6.07, 6.45) is 1.50. The maximum absolute atomic E-state index is 11.7. The average Bonchev–Trinajstić information content (AvgIpc) is 2.35. The van der Waals surface area contributed by atoms with Crippen LogP contribution in [0, 0.1) is 5.92 Å². The maximum Gasteiger partial charge on any atom is 0.138 e. The van der Waals surface area contributed by atoms with Crippen molar-refractivity contribution in [3.63, 3.8) is 0 Å². The van der Waals surface area contributed by atoms with E-state index in [2.05, 4.69) is 11.4 Å². The fourth-order valence-electron chi connectivity index (χ4n) is 2.37. The largest absolute Gasteiger partial charge is 0.496 e. The number of para-hydroxylation sites is 1. The van der Waals surface area contributed by atoms with Crippen LogP contribution in [0.4, 0.5) is 0 Å². The SMILES string of the molecule is COc1ccccc1C[C@H]1NCCC(=O)[C@@H]1C. The first-order valence-corrected chi connectivity index (χ1v) is 6.10. The molecule has 1 heterocycles. The zero-order valence-electron chi connectivity index (χ0n) is 10.4. The summed E-state index contributed by atoms with van der Waals surface area (Å²) in [5.41, 5.74) is 1.16. The fraction of sp³-hybridized carbons (Fsp3) is 0.500. The van der Waals surface area contributed by atoms with Crippen molar-refractivity contribution in [3.05, 3.63) is 29.8 Å². The van der Waals surface area contributed by atoms with Gasteiger partial charge in [-0.2, -0.15) is 0 Å². The molecule has 17 heavy (non-hydrogen) atoms. The molecule has 1 saturated heterocycles. The van der Waals surface area contributed by atoms with Crippen LogP contribution in [0.5, 0.6) is 5.75 Å². The number of rotatable bonds is 3. The molecule has 1 aliphatic heterocycles. The Kier molecular flexibility index (Phi) is 3.79. The van der Waals surface area contributed by atoms with Gasteiger partial charge in [-0.1, -0.05) is 25.1 Å². The van der Waals surface area contributed by atoms with Crippen LogP contribution >= 0.6 is 0 Å². The van der Waals surface area contributed by atoms with Crippen LogP contribution in [0.15, 0.2) is 24.3 Å². The molecule has 1 N–H and O–H groups in total. The second kappa shape index (κ2) is 5.32. The van der Waals surface area contributed by atoms with Crippen molar-refractivity contribution in [3.8, 4) is 5.75 Å². The molecule has 2 rings (SSSR count). The van der Waals surface area contributed by atoms with Gasteiger partial charge in [0.1, 0.15) is 11.5 Å². The van der Waals surface area contributed by atoms with Gasteiger partial charge in [0.25, 0.3) is 0 Å². The van der Waals surface area contributed by atoms with Gasteiger partial charge in [0.15, 0.2) is 0 Å². The monoisotopic (exact) mass is 233 g/mol. The first kappa shape index (κ1) is 12.1. The average molecular weight is 233 g/mol. The van der Waals surface area contributed by atoms with E-state index >= 15 is 0 Å². The molecule has 1 aliphatic rings. The minimum Gasteiger partial charge on any atom is -0.496 e. The van der Waals surface area contributed by atoms with Crippen molar-refractivity contribution in [2.24, 2.45) is 5.92 Å². The molecule has 0 aliphatic carbocycles. The van der Waals surface area contributed by atoms with Gasteiger partial charge in [-0.25, -0.2) is 0 Å². The summed E-state index contributed by atoms with van der Waals surface area (Å²) in [7, 11) is 1.68. The van der Waals surface area contributed by atoms with E-state index in [1.54, 1.807) is 7.11 Å². The lowest BCUT2D eigenvalue weighted by Gasteiger charge is -2.29. The molecule has 0 saturated carbocycles. The highest BCUT2D eigenvalue weighted by Gasteiger charge is 2.28. The highest BCUT2D eigenvalue weighted by Crippen LogP contribution is 2.23. The van der Waals surface area contributed by atoms with E-state index in [1.165, 1.54) is 0 Å². The van der Waals surface area contributed by atoms with Crippen molar-refractivity contribution in [1.29, 1.82) is 0 Å². The zero-order valence-corrected chi connectivity index (χ0v) is 10.4. The highest BCUT2D eigenvalue weighted by atomic mass is 16.5. The minimum absolute atomic E-state index is 0.0914. The summed E-state index contributed by atoms with van der Waals surface area (Å²) in [6.45, 7) is 2.80. The first-order valence-electron chi connectivity index (χ1n) is 6.10. The van der Waals surface area contributed by atoms with Crippen molar-refractivity contribution in [2.75, 3.05) is 13.7 Å². The van der Waals surface area contributed by atoms with Gasteiger partial charge < -0.3 is 10.1 Å². The Bertz CT molecular complexity index is 403. The summed E-state index contributed by atoms with van der Waals surface area (Å²) in [5.74, 6) is 1.36. The quantitative estimate of drug-likeness (QED) is 0.865. The Balaban J connectivity index is 2.12. The van der Waals surface area contributed by atoms with Gasteiger partial charge >= 0.3 is 0 Å². The Morgan fingerprint density at radius 1 is 1.41 bits per heavy atom. The Morgan fingerprint density at radius 2 is 2.18 bits per heavy atom. The zero-order chi connectivity index (χ0) is 12.3. The summed E-state index contributed by atoms with van der Waals surface area (Å²) in [4.78, 5) is 11.7. The van der Waals surface area contributed by atoms with Gasteiger partial charge in [-0.15, -0.1) is 0 Å². The number of ketones is 1. The van der Waals surface area contributed by atoms with E-state index in [4.69, 9.17) is 4.74 Å². The summed E-state index contributed by atoms with van der Waals surface area (Å²) < 4.78 is 5.34. The van der Waals surface area contributed by atoms with Crippen LogP contribution in [-0.2, 0) is 11.2 Å². The van der Waals surface area contributed by atoms with Crippen LogP contribution in [0.1, 0.15) is 18.9 Å². The van der Waals surface area contributed by atoms with Crippen molar-refractivity contribution < 1.29 is 9.53 Å². The minimum atomic E-state index is 0.0914. The van der Waals surface area contributed by atoms with Crippen LogP contribution in [0.2, 0.25) is 0 Å². The number of Topliss-reactive ketones (excluding diaryl/α,β-unsaturated/α-hetero) is 1. The molecule has 1 fully saturated rings. The van der Waals surface area contributed by atoms with Gasteiger partial charge in [0.05, 0.1) is 7.11 Å². The molecule has 0 aromatic heterocycles. The van der Waals surface area contributed by atoms with Crippen molar-refractivity contribution >= 4 is 5.78 Å². The second-order valence-corrected chi connectivity index (χ2v) is 4.58. The number of carbonyl (C=O) groups excluding carboxylic acids is 1. The number of hydrogen-bond donors (Lipinski definition) is 1. The fourth-order valence-corrected chi connectivity index (χ4v) is 2.37. The van der Waals surface area contributed by atoms with Crippen LogP contribution in [0.25, 0.3) is 0 Å². The van der Waals surface area contributed by atoms with Gasteiger partial charge in [0.2, 0.25) is 0 Å². The number of carbonyl (C=O) groups is 1. The van der Waals surface area contributed by atoms with E-state index in [9.17, 15) is 4.79 Å². The first-order chi connectivity index (χ1) is 8.22. The van der Waals surface area contributed by atoms with Gasteiger partial charge in [0, 0.05) is 24.9 Å². The topological polar surface area (TPSA) is 38.3 Å². The van der Waals surface area contributed by atoms with Gasteiger partial charge in [-0.05, 0) is 18.1 Å². The molecule has 2 atom stereocenters. The predicted octanol–water partition coefficient (Wildman–Crippen LogP) is 1.80. The van der Waals surface area contributed by atoms with E-state index in [0.717, 1.165) is 24.3 Å². The molecule has 1 aromatic carbocycles. The third-order valence-electron chi connectivity index (χ3n) is 3.52. The molecule has 0 radical (unpaired) electrons. The molecule has 3 heteroatoms. The Hall–Kier alpha value is -1.35. The lowest BCUT2D eigenvalue weighted by atomic mass is 9.87. The van der Waals surface area contributed by atoms with E-state index in [-0.39, 0.29) is 12.0 Å². The molecular weight excluding hydrogens is 214 g/mol. The van der Waals surface area contributed by atoms with Crippen LogP contribution < -0.4 is 10.1 Å². The standard InChI is InChI=1S/C14H19NO2/c1-10-12(15-8-7-13(10)16)9-11-5-3-4-6-14(11)17-2/h3-6,10,12,15H,7-9H2,1-2H3/t10-,12-/m1/s1. The molecule has 0 amide bonds. The molecule has 1 aromatic rings. The van der Waals surface area contributed by atoms with E-state index in [1.807, 2.05) is 25.1 Å². The third-order valence-corrected chi connectivity index (χ3v) is 3.52. The van der Waals surface area contributed by atoms with Gasteiger partial charge in [-0.3, -0.25) is 4.79 Å². The summed E-state index contributed by atoms with van der Waals surface area (Å²) in [6, 6.07) is 8.22. The number of hydrogen-bond acceptors (Lipinski definition) is 3. The molecule has 3 nitrogen and oxygen atoms in total. The van der Waals surface area contributed by atoms with Crippen molar-refractivity contribution in [1.82, 2.24) is 5.32 Å². The Labute approximate surface area is 102 Å². The molecule has 0 unspecified atom stereocenters. The smallest absolute Gasteiger partial charge is 0.138 e. The maximum atomic E-state index is 11.7. The number of piperidine rings is 1.